The van der Waals surface area contributed by atoms with Crippen LogP contribution in [0.1, 0.15) is 65.2 Å². The number of hydrogen-bond acceptors (Lipinski definition) is 1. The number of carbonyl (C=O) groups excluding carboxylic acids is 1. The van der Waals surface area contributed by atoms with E-state index >= 15 is 0 Å². The topological polar surface area (TPSA) is 17.1 Å². The van der Waals surface area contributed by atoms with Gasteiger partial charge >= 0.3 is 0 Å². The molecule has 0 radical (unpaired) electrons. The van der Waals surface area contributed by atoms with Crippen LogP contribution in [0.3, 0.4) is 0 Å². The average molecular weight is 242 g/mol. The second-order valence-electron chi connectivity index (χ2n) is 5.73. The molecule has 0 atom stereocenters. The fourth-order valence-corrected chi connectivity index (χ4v) is 2.36. The van der Waals surface area contributed by atoms with E-state index in [4.69, 9.17) is 0 Å². The second-order valence-corrected chi connectivity index (χ2v) is 5.73. The van der Waals surface area contributed by atoms with Crippen molar-refractivity contribution in [2.24, 2.45) is 5.92 Å². The predicted octanol–water partition coefficient (Wildman–Crippen LogP) is 4.66. The Kier molecular flexibility index (Phi) is 3.70. The Balaban J connectivity index is 2.56. The minimum Gasteiger partial charge on any atom is -0.298 e. The Morgan fingerprint density at radius 1 is 1.22 bits per heavy atom. The minimum absolute atomic E-state index is 0.508. The van der Waals surface area contributed by atoms with E-state index in [1.165, 1.54) is 29.5 Å². The molecule has 96 valence electrons. The number of hydrogen-bond donors (Lipinski definition) is 0. The zero-order valence-corrected chi connectivity index (χ0v) is 11.8. The zero-order valence-electron chi connectivity index (χ0n) is 11.8. The van der Waals surface area contributed by atoms with Gasteiger partial charge in [0.15, 0.2) is 6.29 Å². The first-order valence-corrected chi connectivity index (χ1v) is 6.82. The standard InChI is InChI=1S/C17H22O/c1-11(2)5-8-15-13(4)12(3)9-16(14-6-7-14)17(15)10-18/h5,8-11,14H,6-7H2,1-4H3/b8-5-. The molecule has 0 N–H and O–H groups in total. The molecule has 1 aromatic rings. The van der Waals surface area contributed by atoms with Gasteiger partial charge in [0.1, 0.15) is 0 Å². The maximum Gasteiger partial charge on any atom is 0.150 e. The van der Waals surface area contributed by atoms with Gasteiger partial charge in [-0.3, -0.25) is 4.79 Å². The number of aldehydes is 1. The molecule has 0 heterocycles. The number of benzene rings is 1. The van der Waals surface area contributed by atoms with Crippen LogP contribution in [0.2, 0.25) is 0 Å². The monoisotopic (exact) mass is 242 g/mol. The van der Waals surface area contributed by atoms with Gasteiger partial charge in [0.2, 0.25) is 0 Å². The fraction of sp³-hybridized carbons (Fsp3) is 0.471. The summed E-state index contributed by atoms with van der Waals surface area (Å²) < 4.78 is 0. The van der Waals surface area contributed by atoms with Crippen molar-refractivity contribution in [1.82, 2.24) is 0 Å². The molecule has 1 fully saturated rings. The highest BCUT2D eigenvalue weighted by Gasteiger charge is 2.27. The number of allylic oxidation sites excluding steroid dienone is 1. The van der Waals surface area contributed by atoms with E-state index in [0.29, 0.717) is 11.8 Å². The van der Waals surface area contributed by atoms with Crippen LogP contribution >= 0.6 is 0 Å². The highest BCUT2D eigenvalue weighted by atomic mass is 16.1. The third-order valence-corrected chi connectivity index (χ3v) is 3.75. The zero-order chi connectivity index (χ0) is 13.3. The van der Waals surface area contributed by atoms with Gasteiger partial charge in [0.25, 0.3) is 0 Å². The normalized spacial score (nSPS) is 15.6. The molecule has 0 aliphatic heterocycles. The quantitative estimate of drug-likeness (QED) is 0.702. The lowest BCUT2D eigenvalue weighted by atomic mass is 9.90. The van der Waals surface area contributed by atoms with Crippen LogP contribution in [0.5, 0.6) is 0 Å². The molecule has 0 bridgehead atoms. The third kappa shape index (κ3) is 2.55. The summed E-state index contributed by atoms with van der Waals surface area (Å²) in [5, 5.41) is 0. The predicted molar refractivity (Wildman–Crippen MR) is 77.2 cm³/mol. The molecule has 0 spiro atoms. The van der Waals surface area contributed by atoms with Crippen molar-refractivity contribution in [3.8, 4) is 0 Å². The summed E-state index contributed by atoms with van der Waals surface area (Å²) in [5.41, 5.74) is 5.83. The molecule has 0 aromatic heterocycles. The summed E-state index contributed by atoms with van der Waals surface area (Å²) in [6.07, 6.45) is 7.81. The Hall–Kier alpha value is -1.37. The largest absolute Gasteiger partial charge is 0.298 e. The first-order valence-electron chi connectivity index (χ1n) is 6.82. The van der Waals surface area contributed by atoms with Gasteiger partial charge in [0, 0.05) is 5.56 Å². The maximum absolute atomic E-state index is 11.5. The van der Waals surface area contributed by atoms with Crippen molar-refractivity contribution >= 4 is 12.4 Å². The Morgan fingerprint density at radius 2 is 1.89 bits per heavy atom. The Labute approximate surface area is 110 Å². The molecule has 0 unspecified atom stereocenters. The molecule has 1 aliphatic carbocycles. The summed E-state index contributed by atoms with van der Waals surface area (Å²) in [7, 11) is 0. The van der Waals surface area contributed by atoms with Crippen molar-refractivity contribution in [3.05, 3.63) is 40.0 Å². The van der Waals surface area contributed by atoms with Gasteiger partial charge in [-0.05, 0) is 60.8 Å². The van der Waals surface area contributed by atoms with Gasteiger partial charge < -0.3 is 0 Å². The maximum atomic E-state index is 11.5. The number of carbonyl (C=O) groups is 1. The molecule has 18 heavy (non-hydrogen) atoms. The lowest BCUT2D eigenvalue weighted by Gasteiger charge is -2.13. The van der Waals surface area contributed by atoms with E-state index in [0.717, 1.165) is 17.4 Å². The first kappa shape index (κ1) is 13.1. The van der Waals surface area contributed by atoms with Gasteiger partial charge in [-0.1, -0.05) is 32.1 Å². The van der Waals surface area contributed by atoms with Crippen LogP contribution < -0.4 is 0 Å². The summed E-state index contributed by atoms with van der Waals surface area (Å²) in [6.45, 7) is 8.57. The van der Waals surface area contributed by atoms with Gasteiger partial charge in [-0.15, -0.1) is 0 Å². The number of aryl methyl sites for hydroxylation is 1. The van der Waals surface area contributed by atoms with E-state index in [1.807, 2.05) is 0 Å². The highest BCUT2D eigenvalue weighted by molar-refractivity contribution is 5.86. The molecular weight excluding hydrogens is 220 g/mol. The van der Waals surface area contributed by atoms with Gasteiger partial charge in [0.05, 0.1) is 0 Å². The lowest BCUT2D eigenvalue weighted by molar-refractivity contribution is 0.112. The van der Waals surface area contributed by atoms with E-state index in [2.05, 4.69) is 45.9 Å². The molecular formula is C17H22O. The average Bonchev–Trinajstić information content (AvgIpc) is 3.14. The molecule has 1 saturated carbocycles. The molecule has 1 aromatic carbocycles. The summed E-state index contributed by atoms with van der Waals surface area (Å²) in [5.74, 6) is 1.13. The summed E-state index contributed by atoms with van der Waals surface area (Å²) >= 11 is 0. The van der Waals surface area contributed by atoms with Gasteiger partial charge in [-0.25, -0.2) is 0 Å². The summed E-state index contributed by atoms with van der Waals surface area (Å²) in [4.78, 5) is 11.5. The van der Waals surface area contributed by atoms with Crippen LogP contribution in [0.15, 0.2) is 12.1 Å². The van der Waals surface area contributed by atoms with E-state index < -0.39 is 0 Å². The van der Waals surface area contributed by atoms with Crippen LogP contribution in [-0.2, 0) is 0 Å². The molecule has 2 rings (SSSR count). The Bertz CT molecular complexity index is 491. The highest BCUT2D eigenvalue weighted by Crippen LogP contribution is 2.43. The fourth-order valence-electron chi connectivity index (χ4n) is 2.36. The van der Waals surface area contributed by atoms with E-state index in [1.54, 1.807) is 0 Å². The van der Waals surface area contributed by atoms with Crippen molar-refractivity contribution in [3.63, 3.8) is 0 Å². The number of rotatable bonds is 4. The second kappa shape index (κ2) is 5.09. The minimum atomic E-state index is 0.508. The van der Waals surface area contributed by atoms with Crippen molar-refractivity contribution in [2.45, 2.75) is 46.5 Å². The first-order chi connectivity index (χ1) is 8.54. The van der Waals surface area contributed by atoms with Crippen molar-refractivity contribution in [1.29, 1.82) is 0 Å². The Morgan fingerprint density at radius 3 is 2.39 bits per heavy atom. The van der Waals surface area contributed by atoms with Gasteiger partial charge in [-0.2, -0.15) is 0 Å². The summed E-state index contributed by atoms with van der Waals surface area (Å²) in [6, 6.07) is 2.21. The van der Waals surface area contributed by atoms with Crippen molar-refractivity contribution in [2.75, 3.05) is 0 Å². The molecule has 1 aliphatic rings. The van der Waals surface area contributed by atoms with Crippen LogP contribution in [-0.4, -0.2) is 6.29 Å². The van der Waals surface area contributed by atoms with Crippen LogP contribution in [0.25, 0.3) is 6.08 Å². The molecule has 0 saturated heterocycles. The van der Waals surface area contributed by atoms with Crippen LogP contribution in [0.4, 0.5) is 0 Å². The third-order valence-electron chi connectivity index (χ3n) is 3.75. The van der Waals surface area contributed by atoms with E-state index in [9.17, 15) is 4.79 Å². The molecule has 1 nitrogen and oxygen atoms in total. The van der Waals surface area contributed by atoms with Crippen LogP contribution in [0, 0.1) is 19.8 Å². The smallest absolute Gasteiger partial charge is 0.150 e. The molecule has 1 heteroatoms. The lowest BCUT2D eigenvalue weighted by Crippen LogP contribution is -2.00. The molecule has 0 amide bonds. The van der Waals surface area contributed by atoms with E-state index in [-0.39, 0.29) is 0 Å². The SMILES string of the molecule is Cc1cc(C2CC2)c(C=O)c(/C=C\C(C)C)c1C. The van der Waals surface area contributed by atoms with Crippen molar-refractivity contribution < 1.29 is 4.79 Å².